The lowest BCUT2D eigenvalue weighted by atomic mass is 10.2. The third-order valence-corrected chi connectivity index (χ3v) is 3.91. The van der Waals surface area contributed by atoms with Gasteiger partial charge in [-0.15, -0.1) is 0 Å². The minimum absolute atomic E-state index is 0.0265. The van der Waals surface area contributed by atoms with Crippen LogP contribution in [-0.2, 0) is 0 Å². The summed E-state index contributed by atoms with van der Waals surface area (Å²) in [5.41, 5.74) is 1.72. The zero-order valence-electron chi connectivity index (χ0n) is 15.9. The lowest BCUT2D eigenvalue weighted by molar-refractivity contribution is 0.0533. The van der Waals surface area contributed by atoms with Crippen molar-refractivity contribution < 1.29 is 29.5 Å². The highest BCUT2D eigenvalue weighted by Crippen LogP contribution is 2.31. The average Bonchev–Trinajstić information content (AvgIpc) is 2.68. The Bertz CT molecular complexity index is 781. The van der Waals surface area contributed by atoms with E-state index in [1.807, 2.05) is 26.0 Å². The lowest BCUT2D eigenvalue weighted by Gasteiger charge is -2.15. The van der Waals surface area contributed by atoms with Gasteiger partial charge in [0.15, 0.2) is 0 Å². The van der Waals surface area contributed by atoms with Crippen LogP contribution in [0, 0.1) is 18.8 Å². The van der Waals surface area contributed by atoms with Crippen molar-refractivity contribution in [1.29, 1.82) is 0 Å². The summed E-state index contributed by atoms with van der Waals surface area (Å²) >= 11 is 0. The van der Waals surface area contributed by atoms with Gasteiger partial charge in [-0.1, -0.05) is 17.3 Å². The summed E-state index contributed by atoms with van der Waals surface area (Å²) < 4.78 is 16.9. The molecule has 0 saturated carbocycles. The molecule has 8 nitrogen and oxygen atoms in total. The minimum atomic E-state index is -0.965. The Labute approximate surface area is 163 Å². The molecule has 3 N–H and O–H groups in total. The van der Waals surface area contributed by atoms with Crippen LogP contribution in [0.3, 0.4) is 0 Å². The van der Waals surface area contributed by atoms with Gasteiger partial charge in [0.1, 0.15) is 55.0 Å². The fourth-order valence-electron chi connectivity index (χ4n) is 2.30. The highest BCUT2D eigenvalue weighted by Gasteiger charge is 2.10. The second kappa shape index (κ2) is 10.6. The molecule has 0 amide bonds. The fraction of sp³-hybridized carbons (Fsp3) is 0.400. The molecule has 0 saturated heterocycles. The molecule has 2 unspecified atom stereocenters. The largest absolute Gasteiger partial charge is 0.490 e. The fourth-order valence-corrected chi connectivity index (χ4v) is 2.30. The SMILES string of the molecule is Cc1ccc(Oc2ccc(C)c(OCC(O)CN=O)c2)cc1OCC(O)CO. The normalized spacial score (nSPS) is 12.9. The molecule has 0 heterocycles. The summed E-state index contributed by atoms with van der Waals surface area (Å²) in [7, 11) is 0. The van der Waals surface area contributed by atoms with Crippen molar-refractivity contribution in [2.75, 3.05) is 26.4 Å². The monoisotopic (exact) mass is 391 g/mol. The molecular formula is C20H25NO7. The van der Waals surface area contributed by atoms with Crippen molar-refractivity contribution in [3.05, 3.63) is 52.4 Å². The predicted molar refractivity (Wildman–Crippen MR) is 103 cm³/mol. The van der Waals surface area contributed by atoms with E-state index in [2.05, 4.69) is 5.18 Å². The predicted octanol–water partition coefficient (Wildman–Crippen LogP) is 2.33. The molecule has 152 valence electrons. The summed E-state index contributed by atoms with van der Waals surface area (Å²) in [6.07, 6.45) is -1.92. The summed E-state index contributed by atoms with van der Waals surface area (Å²) in [6, 6.07) is 10.6. The molecule has 0 radical (unpaired) electrons. The van der Waals surface area contributed by atoms with Gasteiger partial charge in [-0.05, 0) is 37.1 Å². The van der Waals surface area contributed by atoms with Gasteiger partial charge >= 0.3 is 0 Å². The molecule has 2 atom stereocenters. The van der Waals surface area contributed by atoms with Crippen LogP contribution in [0.25, 0.3) is 0 Å². The minimum Gasteiger partial charge on any atom is -0.490 e. The molecule has 0 aromatic heterocycles. The zero-order valence-corrected chi connectivity index (χ0v) is 15.9. The number of hydrogen-bond acceptors (Lipinski definition) is 8. The second-order valence-electron chi connectivity index (χ2n) is 6.38. The quantitative estimate of drug-likeness (QED) is 0.503. The topological polar surface area (TPSA) is 118 Å². The van der Waals surface area contributed by atoms with Crippen LogP contribution < -0.4 is 14.2 Å². The van der Waals surface area contributed by atoms with Gasteiger partial charge in [0.05, 0.1) is 6.61 Å². The van der Waals surface area contributed by atoms with Crippen LogP contribution >= 0.6 is 0 Å². The Morgan fingerprint density at radius 1 is 0.893 bits per heavy atom. The number of benzene rings is 2. The Morgan fingerprint density at radius 2 is 1.39 bits per heavy atom. The summed E-state index contributed by atoms with van der Waals surface area (Å²) in [5.74, 6) is 2.11. The van der Waals surface area contributed by atoms with Crippen LogP contribution in [0.1, 0.15) is 11.1 Å². The van der Waals surface area contributed by atoms with E-state index >= 15 is 0 Å². The number of rotatable bonds is 11. The van der Waals surface area contributed by atoms with E-state index in [1.54, 1.807) is 24.3 Å². The number of nitroso groups, excluding NO2 is 1. The summed E-state index contributed by atoms with van der Waals surface area (Å²) in [5, 5.41) is 30.5. The van der Waals surface area contributed by atoms with Crippen molar-refractivity contribution >= 4 is 0 Å². The number of ether oxygens (including phenoxy) is 3. The van der Waals surface area contributed by atoms with Gasteiger partial charge < -0.3 is 29.5 Å². The third-order valence-electron chi connectivity index (χ3n) is 3.91. The number of aliphatic hydroxyl groups excluding tert-OH is 3. The van der Waals surface area contributed by atoms with E-state index < -0.39 is 12.2 Å². The van der Waals surface area contributed by atoms with Crippen LogP contribution in [0.2, 0.25) is 0 Å². The molecule has 2 rings (SSSR count). The first-order valence-corrected chi connectivity index (χ1v) is 8.83. The van der Waals surface area contributed by atoms with Crippen molar-refractivity contribution in [3.8, 4) is 23.0 Å². The Kier molecular flexibility index (Phi) is 8.19. The maximum absolute atomic E-state index is 10.2. The maximum atomic E-state index is 10.2. The lowest BCUT2D eigenvalue weighted by Crippen LogP contribution is -2.21. The molecule has 28 heavy (non-hydrogen) atoms. The van der Waals surface area contributed by atoms with Crippen molar-refractivity contribution in [2.24, 2.45) is 5.18 Å². The molecule has 8 heteroatoms. The summed E-state index contributed by atoms with van der Waals surface area (Å²) in [6.45, 7) is 3.04. The van der Waals surface area contributed by atoms with Crippen LogP contribution in [-0.4, -0.2) is 53.9 Å². The molecule has 0 aliphatic carbocycles. The van der Waals surface area contributed by atoms with E-state index in [9.17, 15) is 15.1 Å². The van der Waals surface area contributed by atoms with Crippen molar-refractivity contribution in [3.63, 3.8) is 0 Å². The molecule has 0 fully saturated rings. The first-order chi connectivity index (χ1) is 13.4. The van der Waals surface area contributed by atoms with E-state index in [-0.39, 0.29) is 26.4 Å². The third kappa shape index (κ3) is 6.49. The van der Waals surface area contributed by atoms with E-state index in [4.69, 9.17) is 19.3 Å². The van der Waals surface area contributed by atoms with Gasteiger partial charge in [0.2, 0.25) is 0 Å². The van der Waals surface area contributed by atoms with Crippen LogP contribution in [0.5, 0.6) is 23.0 Å². The first kappa shape index (κ1) is 21.6. The molecule has 2 aromatic carbocycles. The maximum Gasteiger partial charge on any atom is 0.131 e. The van der Waals surface area contributed by atoms with Gasteiger partial charge in [0.25, 0.3) is 0 Å². The molecule has 0 bridgehead atoms. The number of aryl methyl sites for hydroxylation is 2. The molecule has 2 aromatic rings. The Balaban J connectivity index is 2.08. The van der Waals surface area contributed by atoms with Crippen LogP contribution in [0.4, 0.5) is 0 Å². The van der Waals surface area contributed by atoms with Gasteiger partial charge in [-0.3, -0.25) is 0 Å². The van der Waals surface area contributed by atoms with E-state index in [0.29, 0.717) is 23.0 Å². The van der Waals surface area contributed by atoms with Crippen molar-refractivity contribution in [1.82, 2.24) is 0 Å². The Morgan fingerprint density at radius 3 is 1.86 bits per heavy atom. The zero-order chi connectivity index (χ0) is 20.5. The second-order valence-corrected chi connectivity index (χ2v) is 6.38. The summed E-state index contributed by atoms with van der Waals surface area (Å²) in [4.78, 5) is 10.2. The molecule has 0 spiro atoms. The highest BCUT2D eigenvalue weighted by molar-refractivity contribution is 5.45. The smallest absolute Gasteiger partial charge is 0.131 e. The van der Waals surface area contributed by atoms with Gasteiger partial charge in [-0.2, -0.15) is 4.91 Å². The molecular weight excluding hydrogens is 366 g/mol. The van der Waals surface area contributed by atoms with E-state index in [1.165, 1.54) is 0 Å². The molecule has 0 aliphatic rings. The standard InChI is InChI=1S/C20H25NO7/c1-13-3-5-17(7-19(13)26-11-15(23)9-21-25)28-18-6-4-14(2)20(8-18)27-12-16(24)10-22/h3-8,15-16,22-24H,9-12H2,1-2H3. The number of aliphatic hydroxyl groups is 3. The van der Waals surface area contributed by atoms with E-state index in [0.717, 1.165) is 11.1 Å². The van der Waals surface area contributed by atoms with Gasteiger partial charge in [0, 0.05) is 12.1 Å². The van der Waals surface area contributed by atoms with Crippen molar-refractivity contribution in [2.45, 2.75) is 26.1 Å². The van der Waals surface area contributed by atoms with Gasteiger partial charge in [-0.25, -0.2) is 0 Å². The molecule has 0 aliphatic heterocycles. The average molecular weight is 391 g/mol. The van der Waals surface area contributed by atoms with Crippen LogP contribution in [0.15, 0.2) is 41.6 Å². The first-order valence-electron chi connectivity index (χ1n) is 8.83. The number of nitrogens with zero attached hydrogens (tertiary/aromatic N) is 1. The number of hydrogen-bond donors (Lipinski definition) is 3. The Hall–Kier alpha value is -2.68. The highest BCUT2D eigenvalue weighted by atomic mass is 16.5.